The first-order valence-corrected chi connectivity index (χ1v) is 7.18. The molecule has 7 heteroatoms. The van der Waals surface area contributed by atoms with E-state index in [0.29, 0.717) is 12.2 Å². The van der Waals surface area contributed by atoms with Gasteiger partial charge < -0.3 is 5.73 Å². The molecule has 0 atom stereocenters. The van der Waals surface area contributed by atoms with Gasteiger partial charge in [-0.2, -0.15) is 0 Å². The van der Waals surface area contributed by atoms with Gasteiger partial charge in [-0.25, -0.2) is 8.42 Å². The summed E-state index contributed by atoms with van der Waals surface area (Å²) in [7, 11) is -3.53. The zero-order valence-electron chi connectivity index (χ0n) is 8.83. The van der Waals surface area contributed by atoms with E-state index in [2.05, 4.69) is 9.71 Å². The molecule has 0 unspecified atom stereocenters. The molecule has 0 spiro atoms. The van der Waals surface area contributed by atoms with Gasteiger partial charge in [0.25, 0.3) is 10.0 Å². The third-order valence-electron chi connectivity index (χ3n) is 2.07. The molecule has 5 nitrogen and oxygen atoms in total. The van der Waals surface area contributed by atoms with Crippen molar-refractivity contribution in [3.05, 3.63) is 40.8 Å². The molecule has 0 fully saturated rings. The molecule has 0 aromatic carbocycles. The maximum absolute atomic E-state index is 12.0. The lowest BCUT2D eigenvalue weighted by molar-refractivity contribution is 0.601. The van der Waals surface area contributed by atoms with Crippen molar-refractivity contribution in [3.8, 4) is 0 Å². The average molecular weight is 269 g/mol. The van der Waals surface area contributed by atoms with E-state index >= 15 is 0 Å². The minimum atomic E-state index is -3.53. The number of thiophene rings is 1. The Labute approximate surface area is 103 Å². The minimum absolute atomic E-state index is 0.236. The van der Waals surface area contributed by atoms with Gasteiger partial charge in [-0.3, -0.25) is 9.71 Å². The fraction of sp³-hybridized carbons (Fsp3) is 0.100. The maximum atomic E-state index is 12.0. The lowest BCUT2D eigenvalue weighted by atomic mass is 10.4. The second kappa shape index (κ2) is 4.82. The molecule has 3 N–H and O–H groups in total. The minimum Gasteiger partial charge on any atom is -0.326 e. The Kier molecular flexibility index (Phi) is 3.41. The lowest BCUT2D eigenvalue weighted by Crippen LogP contribution is -2.12. The normalized spacial score (nSPS) is 11.4. The zero-order chi connectivity index (χ0) is 12.3. The number of aromatic nitrogens is 1. The lowest BCUT2D eigenvalue weighted by Gasteiger charge is -2.05. The van der Waals surface area contributed by atoms with Crippen molar-refractivity contribution >= 4 is 27.0 Å². The standard InChI is InChI=1S/C10H11N3O2S2/c11-6-9-5-10(7-16-9)17(14,15)13-8-1-3-12-4-2-8/h1-5,7H,6,11H2,(H,12,13). The molecule has 0 aliphatic heterocycles. The van der Waals surface area contributed by atoms with Gasteiger partial charge in [0, 0.05) is 29.2 Å². The summed E-state index contributed by atoms with van der Waals surface area (Å²) in [4.78, 5) is 4.89. The molecule has 0 saturated heterocycles. The summed E-state index contributed by atoms with van der Waals surface area (Å²) in [6.07, 6.45) is 3.05. The van der Waals surface area contributed by atoms with E-state index in [1.807, 2.05) is 0 Å². The highest BCUT2D eigenvalue weighted by molar-refractivity contribution is 7.92. The maximum Gasteiger partial charge on any atom is 0.262 e. The molecule has 0 radical (unpaired) electrons. The van der Waals surface area contributed by atoms with Gasteiger partial charge in [-0.05, 0) is 18.2 Å². The molecule has 0 saturated carbocycles. The number of sulfonamides is 1. The van der Waals surface area contributed by atoms with Crippen LogP contribution in [0.3, 0.4) is 0 Å². The van der Waals surface area contributed by atoms with Crippen molar-refractivity contribution in [2.45, 2.75) is 11.4 Å². The second-order valence-corrected chi connectivity index (χ2v) is 5.97. The van der Waals surface area contributed by atoms with E-state index < -0.39 is 10.0 Å². The quantitative estimate of drug-likeness (QED) is 0.878. The highest BCUT2D eigenvalue weighted by Crippen LogP contribution is 2.21. The van der Waals surface area contributed by atoms with E-state index in [0.717, 1.165) is 4.88 Å². The van der Waals surface area contributed by atoms with Crippen molar-refractivity contribution in [2.24, 2.45) is 5.73 Å². The predicted octanol–water partition coefficient (Wildman–Crippen LogP) is 1.40. The highest BCUT2D eigenvalue weighted by atomic mass is 32.2. The number of anilines is 1. The van der Waals surface area contributed by atoms with Gasteiger partial charge in [-0.1, -0.05) is 0 Å². The van der Waals surface area contributed by atoms with Crippen LogP contribution in [0.5, 0.6) is 0 Å². The molecule has 17 heavy (non-hydrogen) atoms. The largest absolute Gasteiger partial charge is 0.326 e. The Bertz CT molecular complexity index is 593. The highest BCUT2D eigenvalue weighted by Gasteiger charge is 2.15. The summed E-state index contributed by atoms with van der Waals surface area (Å²) in [5.74, 6) is 0. The summed E-state index contributed by atoms with van der Waals surface area (Å²) in [5, 5.41) is 1.58. The van der Waals surface area contributed by atoms with Crippen molar-refractivity contribution in [1.82, 2.24) is 4.98 Å². The molecule has 0 aliphatic carbocycles. The monoisotopic (exact) mass is 269 g/mol. The molecule has 90 valence electrons. The first-order valence-electron chi connectivity index (χ1n) is 4.82. The van der Waals surface area contributed by atoms with E-state index in [1.54, 1.807) is 23.6 Å². The number of rotatable bonds is 4. The number of hydrogen-bond donors (Lipinski definition) is 2. The Balaban J connectivity index is 2.25. The van der Waals surface area contributed by atoms with Crippen molar-refractivity contribution in [2.75, 3.05) is 4.72 Å². The molecule has 2 heterocycles. The topological polar surface area (TPSA) is 85.1 Å². The first kappa shape index (κ1) is 12.0. The summed E-state index contributed by atoms with van der Waals surface area (Å²) < 4.78 is 26.4. The number of nitrogens with zero attached hydrogens (tertiary/aromatic N) is 1. The SMILES string of the molecule is NCc1cc(S(=O)(=O)Nc2ccncc2)cs1. The van der Waals surface area contributed by atoms with E-state index in [4.69, 9.17) is 5.73 Å². The van der Waals surface area contributed by atoms with Crippen molar-refractivity contribution < 1.29 is 8.42 Å². The van der Waals surface area contributed by atoms with E-state index in [-0.39, 0.29) is 4.90 Å². The summed E-state index contributed by atoms with van der Waals surface area (Å²) in [5.41, 5.74) is 5.93. The zero-order valence-corrected chi connectivity index (χ0v) is 10.5. The second-order valence-electron chi connectivity index (χ2n) is 3.29. The predicted molar refractivity (Wildman–Crippen MR) is 67.3 cm³/mol. The van der Waals surface area contributed by atoms with Gasteiger partial charge in [0.05, 0.1) is 10.6 Å². The van der Waals surface area contributed by atoms with Gasteiger partial charge in [0.1, 0.15) is 0 Å². The Morgan fingerprint density at radius 3 is 2.65 bits per heavy atom. The van der Waals surface area contributed by atoms with Crippen molar-refractivity contribution in [1.29, 1.82) is 0 Å². The Morgan fingerprint density at radius 2 is 2.06 bits per heavy atom. The molecular formula is C10H11N3O2S2. The third kappa shape index (κ3) is 2.82. The van der Waals surface area contributed by atoms with Gasteiger partial charge in [0.2, 0.25) is 0 Å². The van der Waals surface area contributed by atoms with E-state index in [9.17, 15) is 8.42 Å². The van der Waals surface area contributed by atoms with Crippen LogP contribution in [0.4, 0.5) is 5.69 Å². The van der Waals surface area contributed by atoms with Crippen LogP contribution < -0.4 is 10.5 Å². The molecule has 2 aromatic heterocycles. The number of nitrogens with one attached hydrogen (secondary N) is 1. The van der Waals surface area contributed by atoms with Crippen LogP contribution in [0, 0.1) is 0 Å². The van der Waals surface area contributed by atoms with Crippen LogP contribution in [-0.4, -0.2) is 13.4 Å². The van der Waals surface area contributed by atoms with Gasteiger partial charge >= 0.3 is 0 Å². The number of hydrogen-bond acceptors (Lipinski definition) is 5. The average Bonchev–Trinajstić information content (AvgIpc) is 2.79. The summed E-state index contributed by atoms with van der Waals surface area (Å²) in [6.45, 7) is 0.343. The smallest absolute Gasteiger partial charge is 0.262 e. The fourth-order valence-corrected chi connectivity index (χ4v) is 3.46. The van der Waals surface area contributed by atoms with Crippen LogP contribution in [-0.2, 0) is 16.6 Å². The van der Waals surface area contributed by atoms with Crippen LogP contribution in [0.2, 0.25) is 0 Å². The molecular weight excluding hydrogens is 258 g/mol. The third-order valence-corrected chi connectivity index (χ3v) is 4.54. The molecule has 2 aromatic rings. The fourth-order valence-electron chi connectivity index (χ4n) is 1.24. The van der Waals surface area contributed by atoms with E-state index in [1.165, 1.54) is 23.7 Å². The van der Waals surface area contributed by atoms with Crippen LogP contribution in [0.25, 0.3) is 0 Å². The van der Waals surface area contributed by atoms with Gasteiger partial charge in [0.15, 0.2) is 0 Å². The molecule has 0 bridgehead atoms. The molecule has 0 amide bonds. The summed E-state index contributed by atoms with van der Waals surface area (Å²) in [6, 6.07) is 4.76. The van der Waals surface area contributed by atoms with Crippen LogP contribution in [0.1, 0.15) is 4.88 Å². The van der Waals surface area contributed by atoms with Crippen LogP contribution >= 0.6 is 11.3 Å². The summed E-state index contributed by atoms with van der Waals surface area (Å²) >= 11 is 1.33. The van der Waals surface area contributed by atoms with Crippen LogP contribution in [0.15, 0.2) is 40.9 Å². The van der Waals surface area contributed by atoms with Crippen molar-refractivity contribution in [3.63, 3.8) is 0 Å². The number of pyridine rings is 1. The first-order chi connectivity index (χ1) is 8.12. The Morgan fingerprint density at radius 1 is 1.35 bits per heavy atom. The molecule has 0 aliphatic rings. The number of nitrogens with two attached hydrogens (primary N) is 1. The molecule has 2 rings (SSSR count). The van der Waals surface area contributed by atoms with Gasteiger partial charge in [-0.15, -0.1) is 11.3 Å². The Hall–Kier alpha value is -1.44.